The Morgan fingerprint density at radius 1 is 1.16 bits per heavy atom. The molecule has 1 aliphatic rings. The first-order chi connectivity index (χ1) is 17.9. The molecule has 37 heavy (non-hydrogen) atoms. The maximum Gasteiger partial charge on any atom is 0.338 e. The lowest BCUT2D eigenvalue weighted by Crippen LogP contribution is -2.29. The second-order valence-corrected chi connectivity index (χ2v) is 10.0. The van der Waals surface area contributed by atoms with Crippen molar-refractivity contribution in [2.75, 3.05) is 24.8 Å². The Labute approximate surface area is 226 Å². The van der Waals surface area contributed by atoms with Gasteiger partial charge in [-0.05, 0) is 55.2 Å². The van der Waals surface area contributed by atoms with Crippen LogP contribution in [-0.2, 0) is 16.1 Å². The molecule has 1 aliphatic heterocycles. The number of carbonyl (C=O) groups excluding carboxylic acids is 1. The molecule has 3 aromatic rings. The fourth-order valence-corrected chi connectivity index (χ4v) is 4.89. The number of nitrogens with zero attached hydrogens (tertiary/aromatic N) is 3. The number of anilines is 1. The molecule has 0 saturated heterocycles. The molecule has 1 aromatic heterocycles. The molecule has 0 fully saturated rings. The Morgan fingerprint density at radius 2 is 2.00 bits per heavy atom. The highest BCUT2D eigenvalue weighted by molar-refractivity contribution is 7.99. The number of esters is 1. The third kappa shape index (κ3) is 6.22. The second-order valence-electron chi connectivity index (χ2n) is 8.54. The number of fused-ring (bicyclic) bond motifs is 1. The highest BCUT2D eigenvalue weighted by Gasteiger charge is 2.35. The van der Waals surface area contributed by atoms with Crippen LogP contribution in [-0.4, -0.2) is 40.2 Å². The molecule has 8 nitrogen and oxygen atoms in total. The smallest absolute Gasteiger partial charge is 0.338 e. The maximum atomic E-state index is 13.2. The van der Waals surface area contributed by atoms with Crippen LogP contribution in [0, 0.1) is 0 Å². The molecule has 0 saturated carbocycles. The summed E-state index contributed by atoms with van der Waals surface area (Å²) in [5, 5.41) is 9.27. The van der Waals surface area contributed by atoms with Crippen LogP contribution in [0.1, 0.15) is 50.8 Å². The number of hydrogen-bond acceptors (Lipinski definition) is 8. The number of hydrogen-bond donors (Lipinski definition) is 1. The van der Waals surface area contributed by atoms with Crippen molar-refractivity contribution in [2.45, 2.75) is 51.4 Å². The standard InChI is InChI=1S/C27H31ClN4O4S/c1-5-12-35-25(33)23-17(3)29-26-30-27(37-13-6-2)31-32(26)24(23)19-10-11-21(22(15-19)34-4)36-16-18-8-7-9-20(28)14-18/h7-11,14-15,24H,5-6,12-13,16H2,1-4H3,(H,29,30,31). The Bertz CT molecular complexity index is 1290. The first-order valence-corrected chi connectivity index (χ1v) is 13.6. The Balaban J connectivity index is 1.70. The number of benzene rings is 2. The van der Waals surface area contributed by atoms with Gasteiger partial charge >= 0.3 is 5.97 Å². The quantitative estimate of drug-likeness (QED) is 0.224. The predicted octanol–water partition coefficient (Wildman–Crippen LogP) is 6.26. The molecule has 0 bridgehead atoms. The van der Waals surface area contributed by atoms with Crippen molar-refractivity contribution >= 4 is 35.3 Å². The van der Waals surface area contributed by atoms with Gasteiger partial charge in [-0.25, -0.2) is 9.48 Å². The minimum Gasteiger partial charge on any atom is -0.493 e. The van der Waals surface area contributed by atoms with Crippen LogP contribution in [0.25, 0.3) is 0 Å². The average Bonchev–Trinajstić information content (AvgIpc) is 3.30. The molecule has 1 N–H and O–H groups in total. The van der Waals surface area contributed by atoms with Crippen LogP contribution in [0.15, 0.2) is 58.9 Å². The molecule has 0 aliphatic carbocycles. The van der Waals surface area contributed by atoms with Crippen molar-refractivity contribution in [3.63, 3.8) is 0 Å². The number of nitrogens with one attached hydrogen (secondary N) is 1. The lowest BCUT2D eigenvalue weighted by atomic mass is 9.95. The highest BCUT2D eigenvalue weighted by atomic mass is 35.5. The summed E-state index contributed by atoms with van der Waals surface area (Å²) in [5.41, 5.74) is 2.90. The molecular weight excluding hydrogens is 512 g/mol. The Morgan fingerprint density at radius 3 is 2.73 bits per heavy atom. The van der Waals surface area contributed by atoms with E-state index in [-0.39, 0.29) is 5.97 Å². The summed E-state index contributed by atoms with van der Waals surface area (Å²) in [6.45, 7) is 6.60. The van der Waals surface area contributed by atoms with Crippen LogP contribution in [0.4, 0.5) is 5.95 Å². The van der Waals surface area contributed by atoms with Crippen molar-refractivity contribution < 1.29 is 19.0 Å². The van der Waals surface area contributed by atoms with E-state index in [0.29, 0.717) is 52.1 Å². The average molecular weight is 543 g/mol. The number of halogens is 1. The van der Waals surface area contributed by atoms with Crippen LogP contribution in [0.3, 0.4) is 0 Å². The summed E-state index contributed by atoms with van der Waals surface area (Å²) >= 11 is 7.68. The number of rotatable bonds is 11. The van der Waals surface area contributed by atoms with Crippen LogP contribution >= 0.6 is 23.4 Å². The zero-order chi connectivity index (χ0) is 26.4. The molecule has 0 radical (unpaired) electrons. The minimum absolute atomic E-state index is 0.336. The van der Waals surface area contributed by atoms with Gasteiger partial charge in [-0.2, -0.15) is 4.98 Å². The minimum atomic E-state index is -0.542. The fraction of sp³-hybridized carbons (Fsp3) is 0.370. The normalized spacial score (nSPS) is 14.7. The highest BCUT2D eigenvalue weighted by Crippen LogP contribution is 2.40. The summed E-state index contributed by atoms with van der Waals surface area (Å²) in [4.78, 5) is 17.8. The van der Waals surface area contributed by atoms with Crippen molar-refractivity contribution in [3.8, 4) is 11.5 Å². The lowest BCUT2D eigenvalue weighted by Gasteiger charge is -2.28. The van der Waals surface area contributed by atoms with Gasteiger partial charge in [-0.3, -0.25) is 0 Å². The van der Waals surface area contributed by atoms with E-state index in [0.717, 1.165) is 29.7 Å². The van der Waals surface area contributed by atoms with Gasteiger partial charge in [-0.1, -0.05) is 55.4 Å². The summed E-state index contributed by atoms with van der Waals surface area (Å²) in [6.07, 6.45) is 1.74. The molecule has 1 atom stereocenters. The largest absolute Gasteiger partial charge is 0.493 e. The summed E-state index contributed by atoms with van der Waals surface area (Å²) in [7, 11) is 1.59. The molecule has 0 spiro atoms. The van der Waals surface area contributed by atoms with Crippen molar-refractivity contribution in [1.29, 1.82) is 0 Å². The molecule has 196 valence electrons. The zero-order valence-corrected chi connectivity index (χ0v) is 23.0. The molecule has 2 aromatic carbocycles. The van der Waals surface area contributed by atoms with Gasteiger partial charge in [0, 0.05) is 16.5 Å². The van der Waals surface area contributed by atoms with Gasteiger partial charge in [-0.15, -0.1) is 5.10 Å². The van der Waals surface area contributed by atoms with Gasteiger partial charge in [0.05, 0.1) is 19.3 Å². The van der Waals surface area contributed by atoms with E-state index in [1.165, 1.54) is 0 Å². The Hall–Kier alpha value is -3.17. The SMILES string of the molecule is CCCOC(=O)C1=C(C)Nc2nc(SCCC)nn2C1c1ccc(OCc2cccc(Cl)c2)c(OC)c1. The van der Waals surface area contributed by atoms with Crippen molar-refractivity contribution in [2.24, 2.45) is 0 Å². The summed E-state index contributed by atoms with van der Waals surface area (Å²) in [6, 6.07) is 12.6. The number of carbonyl (C=O) groups is 1. The third-order valence-electron chi connectivity index (χ3n) is 5.71. The number of methoxy groups -OCH3 is 1. The number of aromatic nitrogens is 3. The Kier molecular flexibility index (Phi) is 9.00. The van der Waals surface area contributed by atoms with Gasteiger partial charge in [0.2, 0.25) is 11.1 Å². The van der Waals surface area contributed by atoms with E-state index in [1.807, 2.05) is 56.3 Å². The number of thioether (sulfide) groups is 1. The molecule has 1 unspecified atom stereocenters. The first-order valence-electron chi connectivity index (χ1n) is 12.2. The predicted molar refractivity (Wildman–Crippen MR) is 146 cm³/mol. The molecule has 10 heteroatoms. The van der Waals surface area contributed by atoms with E-state index in [1.54, 1.807) is 23.6 Å². The van der Waals surface area contributed by atoms with E-state index >= 15 is 0 Å². The maximum absolute atomic E-state index is 13.2. The van der Waals surface area contributed by atoms with Crippen LogP contribution in [0.5, 0.6) is 11.5 Å². The molecule has 2 heterocycles. The van der Waals surface area contributed by atoms with E-state index in [2.05, 4.69) is 17.2 Å². The van der Waals surface area contributed by atoms with Crippen LogP contribution in [0.2, 0.25) is 5.02 Å². The monoisotopic (exact) mass is 542 g/mol. The fourth-order valence-electron chi connectivity index (χ4n) is 3.99. The zero-order valence-electron chi connectivity index (χ0n) is 21.4. The first kappa shape index (κ1) is 26.9. The molecule has 0 amide bonds. The van der Waals surface area contributed by atoms with Crippen molar-refractivity contribution in [1.82, 2.24) is 14.8 Å². The van der Waals surface area contributed by atoms with Gasteiger partial charge < -0.3 is 19.5 Å². The van der Waals surface area contributed by atoms with Gasteiger partial charge in [0.15, 0.2) is 11.5 Å². The summed E-state index contributed by atoms with van der Waals surface area (Å²) in [5.74, 6) is 2.21. The lowest BCUT2D eigenvalue weighted by molar-refractivity contribution is -0.139. The van der Waals surface area contributed by atoms with Crippen LogP contribution < -0.4 is 14.8 Å². The number of ether oxygens (including phenoxy) is 3. The molecule has 4 rings (SSSR count). The topological polar surface area (TPSA) is 87.5 Å². The van der Waals surface area contributed by atoms with E-state index in [4.69, 9.17) is 30.9 Å². The van der Waals surface area contributed by atoms with Gasteiger partial charge in [0.25, 0.3) is 0 Å². The van der Waals surface area contributed by atoms with E-state index < -0.39 is 6.04 Å². The number of allylic oxidation sites excluding steroid dienone is 1. The molecular formula is C27H31ClN4O4S. The van der Waals surface area contributed by atoms with Gasteiger partial charge in [0.1, 0.15) is 12.6 Å². The van der Waals surface area contributed by atoms with Crippen molar-refractivity contribution in [3.05, 3.63) is 69.9 Å². The van der Waals surface area contributed by atoms with E-state index in [9.17, 15) is 4.79 Å². The second kappa shape index (κ2) is 12.4. The summed E-state index contributed by atoms with van der Waals surface area (Å²) < 4.78 is 19.0. The third-order valence-corrected chi connectivity index (χ3v) is 6.99.